The van der Waals surface area contributed by atoms with E-state index in [9.17, 15) is 26.4 Å². The first kappa shape index (κ1) is 27.9. The number of rotatable bonds is 8. The van der Waals surface area contributed by atoms with Gasteiger partial charge in [-0.3, -0.25) is 0 Å². The molecule has 0 aromatic heterocycles. The fourth-order valence-corrected chi connectivity index (χ4v) is 12.3. The minimum absolute atomic E-state index is 0.0381. The number of carbonyl (C=O) groups is 1. The molecular formula is C25H31F3INO4S. The van der Waals surface area contributed by atoms with E-state index in [1.807, 2.05) is 20.8 Å². The molecule has 0 heterocycles. The summed E-state index contributed by atoms with van der Waals surface area (Å²) in [5, 5.41) is 0. The summed E-state index contributed by atoms with van der Waals surface area (Å²) in [6.45, 7) is 5.67. The summed E-state index contributed by atoms with van der Waals surface area (Å²) in [6.07, 6.45) is -0.210. The summed E-state index contributed by atoms with van der Waals surface area (Å²) >= 11 is -3.89. The van der Waals surface area contributed by atoms with Gasteiger partial charge in [0.1, 0.15) is 0 Å². The van der Waals surface area contributed by atoms with E-state index in [-0.39, 0.29) is 17.4 Å². The Morgan fingerprint density at radius 3 is 2.11 bits per heavy atom. The molecule has 0 saturated heterocycles. The number of aryl methyl sites for hydroxylation is 1. The maximum atomic E-state index is 13.9. The molecular weight excluding hydrogens is 594 g/mol. The van der Waals surface area contributed by atoms with Gasteiger partial charge >= 0.3 is 214 Å². The van der Waals surface area contributed by atoms with Crippen LogP contribution in [-0.4, -0.2) is 29.6 Å². The Morgan fingerprint density at radius 1 is 1.00 bits per heavy atom. The van der Waals surface area contributed by atoms with E-state index in [1.54, 1.807) is 30.3 Å². The zero-order valence-electron chi connectivity index (χ0n) is 20.0. The molecule has 0 spiro atoms. The van der Waals surface area contributed by atoms with Crippen molar-refractivity contribution in [2.24, 2.45) is 11.3 Å². The molecule has 2 aromatic rings. The first-order valence-corrected chi connectivity index (χ1v) is 15.8. The molecule has 0 bridgehead atoms. The summed E-state index contributed by atoms with van der Waals surface area (Å²) in [5.74, 6) is -2.16. The van der Waals surface area contributed by atoms with Gasteiger partial charge in [0.2, 0.25) is 0 Å². The van der Waals surface area contributed by atoms with Crippen LogP contribution in [0.25, 0.3) is 0 Å². The molecule has 0 amide bonds. The predicted molar refractivity (Wildman–Crippen MR) is 137 cm³/mol. The summed E-state index contributed by atoms with van der Waals surface area (Å²) < 4.78 is 74.1. The Morgan fingerprint density at radius 2 is 1.57 bits per heavy atom. The van der Waals surface area contributed by atoms with E-state index in [4.69, 9.17) is 3.07 Å². The average Bonchev–Trinajstić information content (AvgIpc) is 2.82. The van der Waals surface area contributed by atoms with E-state index < -0.39 is 48.1 Å². The van der Waals surface area contributed by atoms with Gasteiger partial charge in [-0.2, -0.15) is 0 Å². The molecule has 0 atom stereocenters. The molecule has 3 rings (SSSR count). The number of halogens is 4. The zero-order valence-corrected chi connectivity index (χ0v) is 23.0. The second-order valence-electron chi connectivity index (χ2n) is 9.48. The SMILES string of the molecule is Cc1ccc(S(=O)(=O)N(CC(C)(C)C2CCCCC2)I(OC(=O)C(F)(F)F)c2ccccc2)cc1. The van der Waals surface area contributed by atoms with Crippen LogP contribution in [0.5, 0.6) is 0 Å². The van der Waals surface area contributed by atoms with E-state index in [0.717, 1.165) is 40.2 Å². The quantitative estimate of drug-likeness (QED) is 0.237. The molecule has 194 valence electrons. The van der Waals surface area contributed by atoms with Crippen molar-refractivity contribution in [3.63, 3.8) is 0 Å². The number of benzene rings is 2. The van der Waals surface area contributed by atoms with Crippen LogP contribution in [0.4, 0.5) is 13.2 Å². The fourth-order valence-electron chi connectivity index (χ4n) is 4.20. The van der Waals surface area contributed by atoms with Gasteiger partial charge in [0.15, 0.2) is 0 Å². The van der Waals surface area contributed by atoms with Crippen molar-refractivity contribution in [1.82, 2.24) is 2.52 Å². The van der Waals surface area contributed by atoms with Crippen molar-refractivity contribution in [3.8, 4) is 0 Å². The van der Waals surface area contributed by atoms with Crippen LogP contribution < -0.4 is 0 Å². The van der Waals surface area contributed by atoms with Crippen LogP contribution >= 0.6 is 20.5 Å². The number of nitrogens with zero attached hydrogens (tertiary/aromatic N) is 1. The van der Waals surface area contributed by atoms with E-state index in [1.165, 1.54) is 24.3 Å². The Balaban J connectivity index is 2.12. The molecule has 10 heteroatoms. The topological polar surface area (TPSA) is 63.7 Å². The third-order valence-corrected chi connectivity index (χ3v) is 14.1. The van der Waals surface area contributed by atoms with Crippen molar-refractivity contribution in [1.29, 1.82) is 0 Å². The molecule has 2 aromatic carbocycles. The van der Waals surface area contributed by atoms with Gasteiger partial charge in [0.25, 0.3) is 0 Å². The molecule has 1 aliphatic rings. The van der Waals surface area contributed by atoms with Crippen molar-refractivity contribution in [3.05, 3.63) is 63.7 Å². The predicted octanol–water partition coefficient (Wildman–Crippen LogP) is 6.90. The molecule has 35 heavy (non-hydrogen) atoms. The summed E-state index contributed by atoms with van der Waals surface area (Å²) in [7, 11) is -4.27. The fraction of sp³-hybridized carbons (Fsp3) is 0.480. The van der Waals surface area contributed by atoms with Crippen LogP contribution in [0.2, 0.25) is 0 Å². The van der Waals surface area contributed by atoms with Crippen LogP contribution in [0, 0.1) is 21.8 Å². The number of hydrogen-bond donors (Lipinski definition) is 0. The first-order chi connectivity index (χ1) is 16.3. The maximum absolute atomic E-state index is 13.9. The average molecular weight is 625 g/mol. The molecule has 5 nitrogen and oxygen atoms in total. The molecule has 1 aliphatic carbocycles. The van der Waals surface area contributed by atoms with Crippen LogP contribution in [0.3, 0.4) is 0 Å². The van der Waals surface area contributed by atoms with Crippen molar-refractivity contribution in [2.45, 2.75) is 63.9 Å². The van der Waals surface area contributed by atoms with Gasteiger partial charge in [0.05, 0.1) is 0 Å². The second kappa shape index (κ2) is 11.2. The Labute approximate surface area is 213 Å². The Bertz CT molecular complexity index is 1100. The van der Waals surface area contributed by atoms with Gasteiger partial charge in [-0.1, -0.05) is 0 Å². The Kier molecular flexibility index (Phi) is 8.91. The van der Waals surface area contributed by atoms with Gasteiger partial charge < -0.3 is 0 Å². The molecule has 1 fully saturated rings. The normalized spacial score (nSPS) is 16.3. The van der Waals surface area contributed by atoms with Crippen LogP contribution in [0.15, 0.2) is 59.5 Å². The van der Waals surface area contributed by atoms with E-state index >= 15 is 0 Å². The second-order valence-corrected chi connectivity index (χ2v) is 16.2. The van der Waals surface area contributed by atoms with E-state index in [0.29, 0.717) is 3.57 Å². The Hall–Kier alpha value is -1.66. The number of hydrogen-bond acceptors (Lipinski definition) is 4. The van der Waals surface area contributed by atoms with Crippen molar-refractivity contribution in [2.75, 3.05) is 6.54 Å². The minimum atomic E-state index is -5.23. The van der Waals surface area contributed by atoms with Crippen LogP contribution in [0.1, 0.15) is 51.5 Å². The summed E-state index contributed by atoms with van der Waals surface area (Å²) in [5.41, 5.74) is 0.313. The van der Waals surface area contributed by atoms with Crippen molar-refractivity contribution < 1.29 is 29.4 Å². The van der Waals surface area contributed by atoms with Gasteiger partial charge in [-0.25, -0.2) is 0 Å². The molecule has 0 unspecified atom stereocenters. The van der Waals surface area contributed by atoms with Gasteiger partial charge in [-0.05, 0) is 0 Å². The zero-order chi connectivity index (χ0) is 25.9. The third-order valence-electron chi connectivity index (χ3n) is 6.29. The van der Waals surface area contributed by atoms with Gasteiger partial charge in [-0.15, -0.1) is 0 Å². The molecule has 0 radical (unpaired) electrons. The van der Waals surface area contributed by atoms with Gasteiger partial charge in [0, 0.05) is 0 Å². The number of alkyl halides is 3. The molecule has 0 N–H and O–H groups in total. The number of sulfonamides is 1. The third kappa shape index (κ3) is 6.97. The number of carbonyl (C=O) groups excluding carboxylic acids is 1. The van der Waals surface area contributed by atoms with Crippen molar-refractivity contribution >= 4 is 36.5 Å². The monoisotopic (exact) mass is 625 g/mol. The van der Waals surface area contributed by atoms with Crippen LogP contribution in [-0.2, 0) is 17.9 Å². The standard InChI is InChI=1S/C25H31F3INO4S/c1-19-14-16-22(17-15-19)35(32,33)30(18-24(2,3)20-10-6-4-7-11-20)29(21-12-8-5-9-13-21)34-23(31)25(26,27)28/h5,8-9,12-17,20H,4,6-7,10-11,18H2,1-3H3. The summed E-state index contributed by atoms with van der Waals surface area (Å²) in [6, 6.07) is 14.1. The first-order valence-electron chi connectivity index (χ1n) is 11.5. The molecule has 1 saturated carbocycles. The molecule has 0 aliphatic heterocycles. The summed E-state index contributed by atoms with van der Waals surface area (Å²) in [4.78, 5) is 12.0. The van der Waals surface area contributed by atoms with E-state index in [2.05, 4.69) is 0 Å².